The number of aryl methyl sites for hydroxylation is 1. The molecule has 0 radical (unpaired) electrons. The number of rotatable bonds is 3. The smallest absolute Gasteiger partial charge is 0.193 e. The van der Waals surface area contributed by atoms with Gasteiger partial charge in [-0.2, -0.15) is 11.8 Å². The van der Waals surface area contributed by atoms with Crippen LogP contribution in [0.25, 0.3) is 0 Å². The number of benzene rings is 1. The number of nitrogens with one attached hydrogen (secondary N) is 1. The zero-order chi connectivity index (χ0) is 13.0. The van der Waals surface area contributed by atoms with E-state index < -0.39 is 0 Å². The Bertz CT molecular complexity index is 442. The molecule has 1 aromatic rings. The van der Waals surface area contributed by atoms with Crippen LogP contribution in [0.4, 0.5) is 5.69 Å². The molecule has 0 aliphatic carbocycles. The summed E-state index contributed by atoms with van der Waals surface area (Å²) in [5.74, 6) is 1.76. The molecule has 1 aliphatic rings. The lowest BCUT2D eigenvalue weighted by atomic mass is 10.1. The maximum absolute atomic E-state index is 5.92. The van der Waals surface area contributed by atoms with Gasteiger partial charge in [0.1, 0.15) is 0 Å². The molecule has 3 N–H and O–H groups in total. The van der Waals surface area contributed by atoms with Gasteiger partial charge in [-0.3, -0.25) is 4.99 Å². The largest absolute Gasteiger partial charge is 0.370 e. The molecule has 106 valence electrons. The monoisotopic (exact) mass is 391 g/mol. The van der Waals surface area contributed by atoms with Gasteiger partial charge in [0.2, 0.25) is 0 Å². The van der Waals surface area contributed by atoms with Crippen LogP contribution in [0.2, 0.25) is 0 Å². The molecule has 19 heavy (non-hydrogen) atoms. The summed E-state index contributed by atoms with van der Waals surface area (Å²) in [4.78, 5) is 4.47. The number of halogens is 1. The van der Waals surface area contributed by atoms with E-state index in [1.807, 2.05) is 23.9 Å². The highest BCUT2D eigenvalue weighted by atomic mass is 127. The number of hydrogen-bond donors (Lipinski definition) is 2. The Balaban J connectivity index is 0.00000180. The van der Waals surface area contributed by atoms with Gasteiger partial charge in [0.25, 0.3) is 0 Å². The fraction of sp³-hybridized carbons (Fsp3) is 0.500. The second-order valence-corrected chi connectivity index (χ2v) is 6.78. The maximum atomic E-state index is 5.92. The molecule has 1 heterocycles. The molecular formula is C14H22IN3S. The van der Waals surface area contributed by atoms with Crippen molar-refractivity contribution in [3.05, 3.63) is 29.8 Å². The Hall–Kier alpha value is -0.430. The minimum absolute atomic E-state index is 0. The van der Waals surface area contributed by atoms with Crippen molar-refractivity contribution in [3.8, 4) is 0 Å². The van der Waals surface area contributed by atoms with Crippen molar-refractivity contribution < 1.29 is 0 Å². The summed E-state index contributed by atoms with van der Waals surface area (Å²) in [5, 5.41) is 3.14. The molecule has 1 fully saturated rings. The first-order valence-electron chi connectivity index (χ1n) is 6.35. The van der Waals surface area contributed by atoms with E-state index in [2.05, 4.69) is 36.3 Å². The Morgan fingerprint density at radius 2 is 2.32 bits per heavy atom. The topological polar surface area (TPSA) is 50.4 Å². The van der Waals surface area contributed by atoms with Crippen molar-refractivity contribution >= 4 is 47.4 Å². The van der Waals surface area contributed by atoms with E-state index >= 15 is 0 Å². The highest BCUT2D eigenvalue weighted by molar-refractivity contribution is 14.0. The van der Waals surface area contributed by atoms with Crippen molar-refractivity contribution in [2.24, 2.45) is 10.7 Å². The van der Waals surface area contributed by atoms with E-state index in [0.29, 0.717) is 5.96 Å². The van der Waals surface area contributed by atoms with Gasteiger partial charge in [-0.25, -0.2) is 0 Å². The van der Waals surface area contributed by atoms with Gasteiger partial charge >= 0.3 is 0 Å². The molecule has 1 aliphatic heterocycles. The second kappa shape index (κ2) is 7.38. The molecule has 3 nitrogen and oxygen atoms in total. The van der Waals surface area contributed by atoms with E-state index in [0.717, 1.165) is 12.2 Å². The first kappa shape index (κ1) is 16.6. The first-order chi connectivity index (χ1) is 8.57. The maximum Gasteiger partial charge on any atom is 0.193 e. The zero-order valence-corrected chi connectivity index (χ0v) is 14.6. The molecule has 5 heteroatoms. The first-order valence-corrected chi connectivity index (χ1v) is 7.34. The van der Waals surface area contributed by atoms with Crippen LogP contribution in [0.1, 0.15) is 25.3 Å². The van der Waals surface area contributed by atoms with E-state index in [9.17, 15) is 0 Å². The van der Waals surface area contributed by atoms with Gasteiger partial charge in [0.05, 0.1) is 6.54 Å². The lowest BCUT2D eigenvalue weighted by Crippen LogP contribution is -2.27. The van der Waals surface area contributed by atoms with E-state index in [1.165, 1.54) is 24.2 Å². The van der Waals surface area contributed by atoms with Crippen LogP contribution in [-0.4, -0.2) is 23.0 Å². The van der Waals surface area contributed by atoms with Crippen molar-refractivity contribution in [1.82, 2.24) is 0 Å². The van der Waals surface area contributed by atoms with Crippen molar-refractivity contribution in [3.63, 3.8) is 0 Å². The molecule has 0 aromatic heterocycles. The van der Waals surface area contributed by atoms with Crippen LogP contribution in [0.15, 0.2) is 29.3 Å². The Kier molecular flexibility index (Phi) is 6.46. The van der Waals surface area contributed by atoms with Crippen LogP contribution in [0.5, 0.6) is 0 Å². The quantitative estimate of drug-likeness (QED) is 0.470. The van der Waals surface area contributed by atoms with Gasteiger partial charge in [-0.05, 0) is 50.1 Å². The van der Waals surface area contributed by atoms with Gasteiger partial charge < -0.3 is 11.1 Å². The van der Waals surface area contributed by atoms with Crippen LogP contribution >= 0.6 is 35.7 Å². The average Bonchev–Trinajstić information content (AvgIpc) is 2.74. The summed E-state index contributed by atoms with van der Waals surface area (Å²) in [6, 6.07) is 8.14. The van der Waals surface area contributed by atoms with Crippen LogP contribution in [-0.2, 0) is 0 Å². The van der Waals surface area contributed by atoms with Gasteiger partial charge in [0.15, 0.2) is 5.96 Å². The van der Waals surface area contributed by atoms with Crippen molar-refractivity contribution in [2.45, 2.75) is 31.4 Å². The SMILES string of the molecule is Cc1cccc(NC(N)=NCC2(C)CCCS2)c1.I. The Morgan fingerprint density at radius 1 is 1.53 bits per heavy atom. The zero-order valence-electron chi connectivity index (χ0n) is 11.5. The molecule has 2 rings (SSSR count). The minimum Gasteiger partial charge on any atom is -0.370 e. The average molecular weight is 391 g/mol. The second-order valence-electron chi connectivity index (χ2n) is 5.10. The number of guanidine groups is 1. The van der Waals surface area contributed by atoms with E-state index in [4.69, 9.17) is 5.73 Å². The summed E-state index contributed by atoms with van der Waals surface area (Å²) < 4.78 is 0.277. The normalized spacial score (nSPS) is 22.9. The third kappa shape index (κ3) is 5.22. The predicted octanol–water partition coefficient (Wildman–Crippen LogP) is 3.63. The molecule has 0 bridgehead atoms. The lowest BCUT2D eigenvalue weighted by molar-refractivity contribution is 0.619. The third-order valence-corrected chi connectivity index (χ3v) is 4.70. The number of anilines is 1. The summed E-state index contributed by atoms with van der Waals surface area (Å²) in [6.45, 7) is 5.13. The fourth-order valence-electron chi connectivity index (χ4n) is 2.12. The highest BCUT2D eigenvalue weighted by Gasteiger charge is 2.28. The Labute approximate surface area is 136 Å². The van der Waals surface area contributed by atoms with Gasteiger partial charge in [-0.15, -0.1) is 24.0 Å². The Morgan fingerprint density at radius 3 is 2.95 bits per heavy atom. The van der Waals surface area contributed by atoms with Gasteiger partial charge in [0, 0.05) is 10.4 Å². The highest BCUT2D eigenvalue weighted by Crippen LogP contribution is 2.37. The molecule has 1 atom stereocenters. The van der Waals surface area contributed by atoms with E-state index in [-0.39, 0.29) is 28.7 Å². The third-order valence-electron chi connectivity index (χ3n) is 3.17. The molecule has 0 amide bonds. The number of aliphatic imine (C=N–C) groups is 1. The number of nitrogens with two attached hydrogens (primary N) is 1. The standard InChI is InChI=1S/C14H21N3S.HI/c1-11-5-3-6-12(9-11)17-13(15)16-10-14(2)7-4-8-18-14;/h3,5-6,9H,4,7-8,10H2,1-2H3,(H3,15,16,17);1H. The summed E-state index contributed by atoms with van der Waals surface area (Å²) in [7, 11) is 0. The van der Waals surface area contributed by atoms with Crippen LogP contribution < -0.4 is 11.1 Å². The predicted molar refractivity (Wildman–Crippen MR) is 96.8 cm³/mol. The molecule has 1 saturated heterocycles. The summed E-state index contributed by atoms with van der Waals surface area (Å²) in [6.07, 6.45) is 2.53. The number of hydrogen-bond acceptors (Lipinski definition) is 2. The molecule has 1 unspecified atom stereocenters. The van der Waals surface area contributed by atoms with Crippen molar-refractivity contribution in [1.29, 1.82) is 0 Å². The summed E-state index contributed by atoms with van der Waals surface area (Å²) >= 11 is 2.00. The van der Waals surface area contributed by atoms with Crippen LogP contribution in [0, 0.1) is 6.92 Å². The van der Waals surface area contributed by atoms with Crippen molar-refractivity contribution in [2.75, 3.05) is 17.6 Å². The molecule has 0 saturated carbocycles. The van der Waals surface area contributed by atoms with Gasteiger partial charge in [-0.1, -0.05) is 12.1 Å². The number of thioether (sulfide) groups is 1. The lowest BCUT2D eigenvalue weighted by Gasteiger charge is -2.20. The van der Waals surface area contributed by atoms with E-state index in [1.54, 1.807) is 0 Å². The summed E-state index contributed by atoms with van der Waals surface area (Å²) in [5.41, 5.74) is 8.14. The molecule has 0 spiro atoms. The minimum atomic E-state index is 0. The number of nitrogens with zero attached hydrogens (tertiary/aromatic N) is 1. The molecular weight excluding hydrogens is 369 g/mol. The fourth-order valence-corrected chi connectivity index (χ4v) is 3.35. The molecule has 1 aromatic carbocycles. The van der Waals surface area contributed by atoms with Crippen LogP contribution in [0.3, 0.4) is 0 Å².